The zero-order valence-corrected chi connectivity index (χ0v) is 8.01. The molecule has 0 fully saturated rings. The normalized spacial score (nSPS) is 26.1. The first kappa shape index (κ1) is 8.73. The summed E-state index contributed by atoms with van der Waals surface area (Å²) in [6.07, 6.45) is 2.06. The van der Waals surface area contributed by atoms with Gasteiger partial charge in [-0.05, 0) is 30.9 Å². The number of rotatable bonds is 1. The van der Waals surface area contributed by atoms with Crippen LogP contribution < -0.4 is 11.5 Å². The van der Waals surface area contributed by atoms with Gasteiger partial charge in [0.2, 0.25) is 0 Å². The summed E-state index contributed by atoms with van der Waals surface area (Å²) < 4.78 is 0. The number of hydrogen-bond acceptors (Lipinski definition) is 2. The van der Waals surface area contributed by atoms with Crippen molar-refractivity contribution in [2.24, 2.45) is 11.5 Å². The van der Waals surface area contributed by atoms with E-state index < -0.39 is 0 Å². The summed E-state index contributed by atoms with van der Waals surface area (Å²) in [5.41, 5.74) is 15.6. The molecule has 0 spiro atoms. The molecule has 4 N–H and O–H groups in total. The summed E-state index contributed by atoms with van der Waals surface area (Å²) in [6, 6.07) is 6.49. The highest BCUT2D eigenvalue weighted by Crippen LogP contribution is 2.34. The molecule has 1 aliphatic rings. The van der Waals surface area contributed by atoms with Crippen LogP contribution in [0.1, 0.15) is 23.1 Å². The zero-order valence-electron chi connectivity index (χ0n) is 8.01. The van der Waals surface area contributed by atoms with Crippen molar-refractivity contribution in [2.75, 3.05) is 6.54 Å². The third-order valence-electron chi connectivity index (χ3n) is 3.01. The van der Waals surface area contributed by atoms with Crippen LogP contribution in [0.3, 0.4) is 0 Å². The van der Waals surface area contributed by atoms with Gasteiger partial charge < -0.3 is 11.5 Å². The molecule has 2 nitrogen and oxygen atoms in total. The molecule has 1 unspecified atom stereocenters. The van der Waals surface area contributed by atoms with Crippen LogP contribution in [0.4, 0.5) is 0 Å². The van der Waals surface area contributed by atoms with Gasteiger partial charge in [0.25, 0.3) is 0 Å². The van der Waals surface area contributed by atoms with Gasteiger partial charge in [0, 0.05) is 6.54 Å². The lowest BCUT2D eigenvalue weighted by atomic mass is 9.92. The van der Waals surface area contributed by atoms with Gasteiger partial charge in [-0.15, -0.1) is 0 Å². The molecular weight excluding hydrogens is 160 g/mol. The lowest BCUT2D eigenvalue weighted by molar-refractivity contribution is 0.454. The first-order valence-electron chi connectivity index (χ1n) is 4.75. The maximum atomic E-state index is 6.21. The first-order chi connectivity index (χ1) is 6.15. The average molecular weight is 176 g/mol. The maximum Gasteiger partial charge on any atom is 0.0539 e. The predicted octanol–water partition coefficient (Wildman–Crippen LogP) is 1.05. The van der Waals surface area contributed by atoms with E-state index in [1.807, 2.05) is 0 Å². The van der Waals surface area contributed by atoms with Crippen LogP contribution in [0.2, 0.25) is 0 Å². The van der Waals surface area contributed by atoms with Crippen LogP contribution in [-0.4, -0.2) is 6.54 Å². The minimum Gasteiger partial charge on any atom is -0.328 e. The number of fused-ring (bicyclic) bond motifs is 1. The highest BCUT2D eigenvalue weighted by atomic mass is 14.8. The molecule has 0 heterocycles. The van der Waals surface area contributed by atoms with Gasteiger partial charge in [-0.3, -0.25) is 0 Å². The fourth-order valence-corrected chi connectivity index (χ4v) is 2.08. The molecule has 0 amide bonds. The second-order valence-electron chi connectivity index (χ2n) is 4.02. The van der Waals surface area contributed by atoms with Crippen LogP contribution in [-0.2, 0) is 12.0 Å². The topological polar surface area (TPSA) is 52.0 Å². The van der Waals surface area contributed by atoms with Crippen molar-refractivity contribution >= 4 is 0 Å². The Morgan fingerprint density at radius 3 is 2.92 bits per heavy atom. The number of hydrogen-bond donors (Lipinski definition) is 2. The molecule has 0 saturated carbocycles. The monoisotopic (exact) mass is 176 g/mol. The Morgan fingerprint density at radius 2 is 2.23 bits per heavy atom. The molecule has 0 saturated heterocycles. The molecule has 2 heteroatoms. The summed E-state index contributed by atoms with van der Waals surface area (Å²) in [5, 5.41) is 0. The average Bonchev–Trinajstić information content (AvgIpc) is 2.45. The van der Waals surface area contributed by atoms with Crippen molar-refractivity contribution in [3.8, 4) is 0 Å². The van der Waals surface area contributed by atoms with Crippen molar-refractivity contribution in [1.29, 1.82) is 0 Å². The van der Waals surface area contributed by atoms with Crippen LogP contribution in [0.25, 0.3) is 0 Å². The Morgan fingerprint density at radius 1 is 1.46 bits per heavy atom. The molecule has 1 aliphatic carbocycles. The molecule has 1 atom stereocenters. The minimum absolute atomic E-state index is 0.263. The third kappa shape index (κ3) is 1.26. The molecule has 0 radical (unpaired) electrons. The highest BCUT2D eigenvalue weighted by Gasteiger charge is 2.33. The Balaban J connectivity index is 2.52. The molecule has 0 aromatic heterocycles. The fourth-order valence-electron chi connectivity index (χ4n) is 2.08. The lowest BCUT2D eigenvalue weighted by Gasteiger charge is -2.23. The Kier molecular flexibility index (Phi) is 1.90. The van der Waals surface area contributed by atoms with Crippen molar-refractivity contribution in [3.05, 3.63) is 34.9 Å². The highest BCUT2D eigenvalue weighted by molar-refractivity contribution is 5.41. The van der Waals surface area contributed by atoms with Crippen LogP contribution in [0, 0.1) is 6.92 Å². The number of nitrogens with two attached hydrogens (primary N) is 2. The van der Waals surface area contributed by atoms with E-state index in [4.69, 9.17) is 11.5 Å². The van der Waals surface area contributed by atoms with Gasteiger partial charge in [-0.2, -0.15) is 0 Å². The van der Waals surface area contributed by atoms with E-state index in [9.17, 15) is 0 Å². The molecule has 70 valence electrons. The molecule has 0 bridgehead atoms. The van der Waals surface area contributed by atoms with E-state index >= 15 is 0 Å². The minimum atomic E-state index is -0.263. The van der Waals surface area contributed by atoms with Gasteiger partial charge in [0.1, 0.15) is 0 Å². The summed E-state index contributed by atoms with van der Waals surface area (Å²) in [4.78, 5) is 0. The molecule has 1 aromatic rings. The second-order valence-corrected chi connectivity index (χ2v) is 4.02. The van der Waals surface area contributed by atoms with Crippen molar-refractivity contribution in [1.82, 2.24) is 0 Å². The standard InChI is InChI=1S/C11H16N2/c1-8-2-3-9-4-5-11(13,7-12)10(9)6-8/h2-3,6H,4-5,7,12-13H2,1H3. The van der Waals surface area contributed by atoms with Gasteiger partial charge in [0.15, 0.2) is 0 Å². The van der Waals surface area contributed by atoms with Crippen molar-refractivity contribution < 1.29 is 0 Å². The third-order valence-corrected chi connectivity index (χ3v) is 3.01. The largest absolute Gasteiger partial charge is 0.328 e. The number of benzene rings is 1. The Hall–Kier alpha value is -0.860. The van der Waals surface area contributed by atoms with Gasteiger partial charge in [-0.25, -0.2) is 0 Å². The smallest absolute Gasteiger partial charge is 0.0539 e. The maximum absolute atomic E-state index is 6.21. The second kappa shape index (κ2) is 2.82. The molecule has 13 heavy (non-hydrogen) atoms. The molecule has 1 aromatic carbocycles. The van der Waals surface area contributed by atoms with Gasteiger partial charge in [0.05, 0.1) is 5.54 Å². The van der Waals surface area contributed by atoms with E-state index in [0.717, 1.165) is 12.8 Å². The molecule has 2 rings (SSSR count). The SMILES string of the molecule is Cc1ccc2c(c1)C(N)(CN)CC2. The van der Waals surface area contributed by atoms with Crippen molar-refractivity contribution in [2.45, 2.75) is 25.3 Å². The van der Waals surface area contributed by atoms with Crippen LogP contribution in [0.5, 0.6) is 0 Å². The number of aryl methyl sites for hydroxylation is 2. The van der Waals surface area contributed by atoms with E-state index in [1.165, 1.54) is 16.7 Å². The van der Waals surface area contributed by atoms with E-state index in [-0.39, 0.29) is 5.54 Å². The summed E-state index contributed by atoms with van der Waals surface area (Å²) in [5.74, 6) is 0. The Bertz CT molecular complexity index is 333. The van der Waals surface area contributed by atoms with Crippen LogP contribution in [0.15, 0.2) is 18.2 Å². The summed E-state index contributed by atoms with van der Waals surface area (Å²) in [6.45, 7) is 2.64. The quantitative estimate of drug-likeness (QED) is 0.672. The lowest BCUT2D eigenvalue weighted by Crippen LogP contribution is -2.41. The molecular formula is C11H16N2. The van der Waals surface area contributed by atoms with Gasteiger partial charge in [-0.1, -0.05) is 23.8 Å². The molecule has 0 aliphatic heterocycles. The predicted molar refractivity (Wildman–Crippen MR) is 54.4 cm³/mol. The zero-order chi connectivity index (χ0) is 9.47. The van der Waals surface area contributed by atoms with Crippen LogP contribution >= 0.6 is 0 Å². The summed E-state index contributed by atoms with van der Waals surface area (Å²) >= 11 is 0. The van der Waals surface area contributed by atoms with Gasteiger partial charge >= 0.3 is 0 Å². The van der Waals surface area contributed by atoms with E-state index in [2.05, 4.69) is 25.1 Å². The van der Waals surface area contributed by atoms with Crippen molar-refractivity contribution in [3.63, 3.8) is 0 Å². The Labute approximate surface area is 78.9 Å². The summed E-state index contributed by atoms with van der Waals surface area (Å²) in [7, 11) is 0. The van der Waals surface area contributed by atoms with E-state index in [0.29, 0.717) is 6.54 Å². The fraction of sp³-hybridized carbons (Fsp3) is 0.455. The first-order valence-corrected chi connectivity index (χ1v) is 4.75. The van der Waals surface area contributed by atoms with E-state index in [1.54, 1.807) is 0 Å².